The monoisotopic (exact) mass is 510 g/mol. The highest BCUT2D eigenvalue weighted by molar-refractivity contribution is 9.10. The molecule has 0 unspecified atom stereocenters. The molecule has 142 valence electrons. The number of benzene rings is 3. The van der Waals surface area contributed by atoms with Crippen molar-refractivity contribution >= 4 is 74.4 Å². The molecular weight excluding hydrogens is 499 g/mol. The molecule has 0 atom stereocenters. The minimum Gasteiger partial charge on any atom is -0.288 e. The van der Waals surface area contributed by atoms with Crippen LogP contribution in [0.2, 0.25) is 15.1 Å². The smallest absolute Gasteiger partial charge is 0.199 e. The average Bonchev–Trinajstić information content (AvgIpc) is 2.69. The van der Waals surface area contributed by atoms with Gasteiger partial charge in [0.2, 0.25) is 0 Å². The molecular formula is C22H14BrCl3OS. The van der Waals surface area contributed by atoms with E-state index in [9.17, 15) is 4.79 Å². The van der Waals surface area contributed by atoms with Crippen LogP contribution in [-0.2, 0) is 5.75 Å². The van der Waals surface area contributed by atoms with Crippen LogP contribution in [0.3, 0.4) is 0 Å². The summed E-state index contributed by atoms with van der Waals surface area (Å²) in [6, 6.07) is 20.2. The second kappa shape index (κ2) is 10.00. The summed E-state index contributed by atoms with van der Waals surface area (Å²) < 4.78 is 0.918. The van der Waals surface area contributed by atoms with Crippen molar-refractivity contribution in [1.82, 2.24) is 0 Å². The highest BCUT2D eigenvalue weighted by Crippen LogP contribution is 2.32. The summed E-state index contributed by atoms with van der Waals surface area (Å²) in [4.78, 5) is 13.7. The Morgan fingerprint density at radius 3 is 2.29 bits per heavy atom. The maximum atomic E-state index is 13.1. The number of rotatable bonds is 6. The number of hydrogen-bond acceptors (Lipinski definition) is 2. The van der Waals surface area contributed by atoms with Gasteiger partial charge in [0.15, 0.2) is 5.78 Å². The molecule has 0 aliphatic rings. The van der Waals surface area contributed by atoms with E-state index in [1.807, 2.05) is 48.5 Å². The molecule has 3 aromatic carbocycles. The molecule has 0 radical (unpaired) electrons. The van der Waals surface area contributed by atoms with Gasteiger partial charge in [-0.15, -0.1) is 11.8 Å². The second-order valence-corrected chi connectivity index (χ2v) is 9.06. The Hall–Kier alpha value is -1.23. The molecule has 28 heavy (non-hydrogen) atoms. The molecule has 3 rings (SSSR count). The van der Waals surface area contributed by atoms with Crippen molar-refractivity contribution < 1.29 is 4.79 Å². The molecule has 0 aliphatic heterocycles. The molecule has 0 aliphatic carbocycles. The Balaban J connectivity index is 1.93. The van der Waals surface area contributed by atoms with E-state index >= 15 is 0 Å². The molecule has 3 aromatic rings. The van der Waals surface area contributed by atoms with Crippen molar-refractivity contribution in [3.8, 4) is 0 Å². The SMILES string of the molecule is O=C(/C(=C\c1cccc(Cl)c1Cl)SCc1ccc(Cl)cc1)c1ccc(Br)cc1. The highest BCUT2D eigenvalue weighted by atomic mass is 79.9. The fraction of sp³-hybridized carbons (Fsp3) is 0.0455. The minimum absolute atomic E-state index is 0.0671. The Kier molecular flexibility index (Phi) is 7.67. The second-order valence-electron chi connectivity index (χ2n) is 5.90. The Bertz CT molecular complexity index is 1010. The third-order valence-electron chi connectivity index (χ3n) is 3.91. The molecule has 0 spiro atoms. The maximum absolute atomic E-state index is 13.1. The number of Topliss-reactive ketones (excluding diaryl/α,β-unsaturated/α-hetero) is 1. The average molecular weight is 513 g/mol. The zero-order chi connectivity index (χ0) is 20.1. The number of carbonyl (C=O) groups excluding carboxylic acids is 1. The molecule has 0 bridgehead atoms. The van der Waals surface area contributed by atoms with Crippen LogP contribution in [0.25, 0.3) is 6.08 Å². The fourth-order valence-electron chi connectivity index (χ4n) is 2.43. The van der Waals surface area contributed by atoms with Gasteiger partial charge in [-0.2, -0.15) is 0 Å². The van der Waals surface area contributed by atoms with E-state index in [4.69, 9.17) is 34.8 Å². The van der Waals surface area contributed by atoms with E-state index in [0.717, 1.165) is 10.0 Å². The predicted octanol–water partition coefficient (Wildman–Crippen LogP) is 8.57. The van der Waals surface area contributed by atoms with Crippen molar-refractivity contribution in [3.63, 3.8) is 0 Å². The number of ketones is 1. The van der Waals surface area contributed by atoms with Crippen LogP contribution in [0.5, 0.6) is 0 Å². The summed E-state index contributed by atoms with van der Waals surface area (Å²) in [7, 11) is 0. The van der Waals surface area contributed by atoms with E-state index in [2.05, 4.69) is 15.9 Å². The zero-order valence-corrected chi connectivity index (χ0v) is 19.1. The van der Waals surface area contributed by atoms with Crippen LogP contribution in [0, 0.1) is 0 Å². The van der Waals surface area contributed by atoms with Crippen LogP contribution in [0.4, 0.5) is 0 Å². The lowest BCUT2D eigenvalue weighted by molar-refractivity contribution is 0.104. The van der Waals surface area contributed by atoms with E-state index in [-0.39, 0.29) is 5.78 Å². The van der Waals surface area contributed by atoms with E-state index in [0.29, 0.717) is 36.9 Å². The van der Waals surface area contributed by atoms with Gasteiger partial charge < -0.3 is 0 Å². The summed E-state index contributed by atoms with van der Waals surface area (Å²) in [5, 5.41) is 1.56. The Morgan fingerprint density at radius 2 is 1.61 bits per heavy atom. The molecule has 0 saturated carbocycles. The number of thioether (sulfide) groups is 1. The summed E-state index contributed by atoms with van der Waals surface area (Å²) in [6.07, 6.45) is 1.79. The molecule has 0 saturated heterocycles. The third kappa shape index (κ3) is 5.65. The summed E-state index contributed by atoms with van der Waals surface area (Å²) in [5.41, 5.74) is 2.38. The standard InChI is InChI=1S/C22H14BrCl3OS/c23-17-8-6-15(7-9-17)22(27)20(12-16-2-1-3-19(25)21(16)26)28-13-14-4-10-18(24)11-5-14/h1-12H,13H2/b20-12+. The molecule has 0 heterocycles. The lowest BCUT2D eigenvalue weighted by Gasteiger charge is -2.09. The molecule has 6 heteroatoms. The lowest BCUT2D eigenvalue weighted by Crippen LogP contribution is -2.01. The topological polar surface area (TPSA) is 17.1 Å². The van der Waals surface area contributed by atoms with Gasteiger partial charge in [-0.1, -0.05) is 75.0 Å². The van der Waals surface area contributed by atoms with Gasteiger partial charge in [-0.05, 0) is 59.7 Å². The summed E-state index contributed by atoms with van der Waals surface area (Å²) in [5.74, 6) is 0.561. The van der Waals surface area contributed by atoms with E-state index < -0.39 is 0 Å². The van der Waals surface area contributed by atoms with E-state index in [1.54, 1.807) is 24.3 Å². The summed E-state index contributed by atoms with van der Waals surface area (Å²) >= 11 is 23.3. The van der Waals surface area contributed by atoms with Crippen molar-refractivity contribution in [3.05, 3.63) is 108 Å². The van der Waals surface area contributed by atoms with Gasteiger partial charge in [-0.3, -0.25) is 4.79 Å². The predicted molar refractivity (Wildman–Crippen MR) is 126 cm³/mol. The minimum atomic E-state index is -0.0671. The van der Waals surface area contributed by atoms with Crippen molar-refractivity contribution in [2.75, 3.05) is 0 Å². The number of halogens is 4. The normalized spacial score (nSPS) is 11.5. The van der Waals surface area contributed by atoms with Gasteiger partial charge in [0.25, 0.3) is 0 Å². The fourth-order valence-corrected chi connectivity index (χ4v) is 4.16. The van der Waals surface area contributed by atoms with Gasteiger partial charge in [-0.25, -0.2) is 0 Å². The first-order chi connectivity index (χ1) is 13.4. The van der Waals surface area contributed by atoms with Crippen molar-refractivity contribution in [2.24, 2.45) is 0 Å². The largest absolute Gasteiger partial charge is 0.288 e. The quantitative estimate of drug-likeness (QED) is 0.243. The van der Waals surface area contributed by atoms with Crippen LogP contribution in [0.15, 0.2) is 76.1 Å². The van der Waals surface area contributed by atoms with Gasteiger partial charge >= 0.3 is 0 Å². The first-order valence-electron chi connectivity index (χ1n) is 8.27. The van der Waals surface area contributed by atoms with Crippen molar-refractivity contribution in [2.45, 2.75) is 5.75 Å². The number of carbonyl (C=O) groups is 1. The first-order valence-corrected chi connectivity index (χ1v) is 11.2. The lowest BCUT2D eigenvalue weighted by atomic mass is 10.1. The molecule has 0 amide bonds. The number of hydrogen-bond donors (Lipinski definition) is 0. The summed E-state index contributed by atoms with van der Waals surface area (Å²) in [6.45, 7) is 0. The molecule has 0 aromatic heterocycles. The van der Waals surface area contributed by atoms with Gasteiger partial charge in [0, 0.05) is 20.8 Å². The van der Waals surface area contributed by atoms with Crippen LogP contribution < -0.4 is 0 Å². The number of allylic oxidation sites excluding steroid dienone is 1. The highest BCUT2D eigenvalue weighted by Gasteiger charge is 2.15. The third-order valence-corrected chi connectivity index (χ3v) is 6.61. The Morgan fingerprint density at radius 1 is 0.929 bits per heavy atom. The van der Waals surface area contributed by atoms with E-state index in [1.165, 1.54) is 11.8 Å². The van der Waals surface area contributed by atoms with Crippen molar-refractivity contribution in [1.29, 1.82) is 0 Å². The molecule has 0 N–H and O–H groups in total. The van der Waals surface area contributed by atoms with Gasteiger partial charge in [0.05, 0.1) is 15.0 Å². The Labute approximate surface area is 191 Å². The van der Waals surface area contributed by atoms with Gasteiger partial charge in [0.1, 0.15) is 0 Å². The van der Waals surface area contributed by atoms with Crippen LogP contribution in [0.1, 0.15) is 21.5 Å². The molecule has 0 fully saturated rings. The maximum Gasteiger partial charge on any atom is 0.199 e. The van der Waals surface area contributed by atoms with Crippen LogP contribution >= 0.6 is 62.5 Å². The van der Waals surface area contributed by atoms with Crippen LogP contribution in [-0.4, -0.2) is 5.78 Å². The molecule has 1 nitrogen and oxygen atoms in total. The zero-order valence-electron chi connectivity index (χ0n) is 14.5. The first kappa shape index (κ1) is 21.5.